The van der Waals surface area contributed by atoms with Crippen LogP contribution in [-0.2, 0) is 0 Å². The van der Waals surface area contributed by atoms with Crippen LogP contribution in [0, 0.1) is 22.7 Å². The van der Waals surface area contributed by atoms with Crippen LogP contribution < -0.4 is 4.90 Å². The third-order valence-electron chi connectivity index (χ3n) is 4.88. The number of nitriles is 1. The fourth-order valence-electron chi connectivity index (χ4n) is 3.57. The zero-order chi connectivity index (χ0) is 13.0. The van der Waals surface area contributed by atoms with Gasteiger partial charge in [0.25, 0.3) is 0 Å². The van der Waals surface area contributed by atoms with Gasteiger partial charge < -0.3 is 9.88 Å². The summed E-state index contributed by atoms with van der Waals surface area (Å²) in [6.07, 6.45) is 5.89. The second-order valence-electron chi connectivity index (χ2n) is 5.73. The number of aromatic nitrogens is 3. The van der Waals surface area contributed by atoms with Crippen molar-refractivity contribution in [3.63, 3.8) is 0 Å². The molecule has 1 aliphatic heterocycles. The van der Waals surface area contributed by atoms with Crippen molar-refractivity contribution in [1.82, 2.24) is 15.0 Å². The van der Waals surface area contributed by atoms with Crippen molar-refractivity contribution in [2.24, 2.45) is 11.3 Å². The van der Waals surface area contributed by atoms with Crippen molar-refractivity contribution < 1.29 is 0 Å². The Labute approximate surface area is 111 Å². The van der Waals surface area contributed by atoms with Crippen LogP contribution >= 0.6 is 0 Å². The summed E-state index contributed by atoms with van der Waals surface area (Å²) >= 11 is 0. The Bertz CT molecular complexity index is 693. The van der Waals surface area contributed by atoms with Crippen LogP contribution in [0.15, 0.2) is 12.5 Å². The minimum absolute atomic E-state index is 0.514. The molecule has 19 heavy (non-hydrogen) atoms. The molecule has 0 spiro atoms. The molecule has 0 unspecified atom stereocenters. The first kappa shape index (κ1) is 10.8. The molecule has 0 amide bonds. The molecule has 5 nitrogen and oxygen atoms in total. The quantitative estimate of drug-likeness (QED) is 0.889. The van der Waals surface area contributed by atoms with Crippen LogP contribution in [0.1, 0.15) is 25.3 Å². The van der Waals surface area contributed by atoms with Crippen molar-refractivity contribution in [3.05, 3.63) is 18.1 Å². The lowest BCUT2D eigenvalue weighted by atomic mass is 10.0. The van der Waals surface area contributed by atoms with E-state index in [9.17, 15) is 5.26 Å². The maximum Gasteiger partial charge on any atom is 0.144 e. The molecule has 4 rings (SSSR count). The summed E-state index contributed by atoms with van der Waals surface area (Å²) in [6.45, 7) is 4.41. The van der Waals surface area contributed by atoms with E-state index in [4.69, 9.17) is 0 Å². The number of piperidine rings is 1. The predicted octanol–water partition coefficient (Wildman–Crippen LogP) is 2.07. The van der Waals surface area contributed by atoms with Gasteiger partial charge in [-0.15, -0.1) is 0 Å². The molecule has 96 valence electrons. The minimum atomic E-state index is 0.514. The molecule has 0 bridgehead atoms. The van der Waals surface area contributed by atoms with Crippen LogP contribution in [0.25, 0.3) is 11.0 Å². The summed E-state index contributed by atoms with van der Waals surface area (Å²) in [5, 5.41) is 10.1. The van der Waals surface area contributed by atoms with Gasteiger partial charge in [-0.1, -0.05) is 6.92 Å². The number of fused-ring (bicyclic) bond motifs is 2. The average Bonchev–Trinajstić information content (AvgIpc) is 2.84. The number of nitrogens with zero attached hydrogens (tertiary/aromatic N) is 4. The molecule has 1 aliphatic carbocycles. The molecule has 1 saturated carbocycles. The van der Waals surface area contributed by atoms with Gasteiger partial charge in [-0.25, -0.2) is 9.97 Å². The lowest BCUT2D eigenvalue weighted by Gasteiger charge is -2.22. The molecule has 2 aromatic rings. The van der Waals surface area contributed by atoms with Crippen molar-refractivity contribution in [3.8, 4) is 6.07 Å². The van der Waals surface area contributed by atoms with Gasteiger partial charge in [0.2, 0.25) is 0 Å². The molecule has 0 radical (unpaired) electrons. The molecule has 1 saturated heterocycles. The van der Waals surface area contributed by atoms with E-state index in [1.165, 1.54) is 12.8 Å². The maximum absolute atomic E-state index is 9.21. The second kappa shape index (κ2) is 3.47. The van der Waals surface area contributed by atoms with E-state index in [0.717, 1.165) is 35.9 Å². The summed E-state index contributed by atoms with van der Waals surface area (Å²) in [5.41, 5.74) is 1.91. The van der Waals surface area contributed by atoms with E-state index < -0.39 is 0 Å². The summed E-state index contributed by atoms with van der Waals surface area (Å²) in [5.74, 6) is 1.73. The fourth-order valence-corrected chi connectivity index (χ4v) is 3.57. The van der Waals surface area contributed by atoms with Gasteiger partial charge in [-0.05, 0) is 24.2 Å². The largest absolute Gasteiger partial charge is 0.355 e. The Balaban J connectivity index is 1.80. The average molecular weight is 253 g/mol. The molecule has 1 N–H and O–H groups in total. The van der Waals surface area contributed by atoms with Crippen LogP contribution in [0.3, 0.4) is 0 Å². The second-order valence-corrected chi connectivity index (χ2v) is 5.73. The van der Waals surface area contributed by atoms with E-state index in [-0.39, 0.29) is 0 Å². The van der Waals surface area contributed by atoms with E-state index in [1.54, 1.807) is 12.5 Å². The highest BCUT2D eigenvalue weighted by Crippen LogP contribution is 2.60. The number of H-pyrrole nitrogens is 1. The molecule has 2 aliphatic rings. The molecular weight excluding hydrogens is 238 g/mol. The van der Waals surface area contributed by atoms with Gasteiger partial charge in [-0.3, -0.25) is 0 Å². The summed E-state index contributed by atoms with van der Waals surface area (Å²) in [4.78, 5) is 14.0. The maximum atomic E-state index is 9.21. The Morgan fingerprint density at radius 3 is 3.21 bits per heavy atom. The number of hydrogen-bond acceptors (Lipinski definition) is 4. The molecule has 2 fully saturated rings. The lowest BCUT2D eigenvalue weighted by Crippen LogP contribution is -2.25. The highest BCUT2D eigenvalue weighted by Gasteiger charge is 2.58. The normalized spacial score (nSPS) is 28.4. The SMILES string of the molecule is CC[C@@]12C[C@@H]1CN(c1ncnc3[nH]cc(C#N)c13)C2. The first-order valence-corrected chi connectivity index (χ1v) is 6.74. The zero-order valence-corrected chi connectivity index (χ0v) is 10.8. The van der Waals surface area contributed by atoms with Gasteiger partial charge in [0.05, 0.1) is 10.9 Å². The smallest absolute Gasteiger partial charge is 0.144 e. The predicted molar refractivity (Wildman–Crippen MR) is 71.6 cm³/mol. The molecule has 0 aromatic carbocycles. The number of anilines is 1. The Kier molecular flexibility index (Phi) is 1.97. The van der Waals surface area contributed by atoms with Gasteiger partial charge in [0.15, 0.2) is 0 Å². The van der Waals surface area contributed by atoms with E-state index in [0.29, 0.717) is 11.0 Å². The standard InChI is InChI=1S/C14H15N5/c1-2-14-3-10(14)6-19(7-14)13-11-9(4-15)5-16-12(11)17-8-18-13/h5,8,10H,2-3,6-7H2,1H3,(H,16,17,18)/t10-,14+/m1/s1. The van der Waals surface area contributed by atoms with Crippen molar-refractivity contribution in [2.75, 3.05) is 18.0 Å². The number of aromatic amines is 1. The molecule has 5 heteroatoms. The van der Waals surface area contributed by atoms with Crippen LogP contribution in [0.5, 0.6) is 0 Å². The minimum Gasteiger partial charge on any atom is -0.355 e. The first-order chi connectivity index (χ1) is 9.27. The third kappa shape index (κ3) is 1.34. The van der Waals surface area contributed by atoms with E-state index in [2.05, 4.69) is 32.8 Å². The Hall–Kier alpha value is -2.09. The van der Waals surface area contributed by atoms with Crippen molar-refractivity contribution >= 4 is 16.9 Å². The van der Waals surface area contributed by atoms with Crippen LogP contribution in [0.2, 0.25) is 0 Å². The van der Waals surface area contributed by atoms with Gasteiger partial charge >= 0.3 is 0 Å². The van der Waals surface area contributed by atoms with Crippen molar-refractivity contribution in [1.29, 1.82) is 5.26 Å². The van der Waals surface area contributed by atoms with E-state index in [1.807, 2.05) is 0 Å². The number of nitrogens with one attached hydrogen (secondary N) is 1. The lowest BCUT2D eigenvalue weighted by molar-refractivity contribution is 0.509. The highest BCUT2D eigenvalue weighted by atomic mass is 15.2. The Morgan fingerprint density at radius 1 is 1.58 bits per heavy atom. The van der Waals surface area contributed by atoms with Crippen LogP contribution in [-0.4, -0.2) is 28.0 Å². The summed E-state index contributed by atoms with van der Waals surface area (Å²) in [7, 11) is 0. The summed E-state index contributed by atoms with van der Waals surface area (Å²) in [6, 6.07) is 2.22. The molecule has 3 heterocycles. The van der Waals surface area contributed by atoms with Gasteiger partial charge in [0.1, 0.15) is 23.9 Å². The molecular formula is C14H15N5. The Morgan fingerprint density at radius 2 is 2.47 bits per heavy atom. The number of hydrogen-bond donors (Lipinski definition) is 1. The highest BCUT2D eigenvalue weighted by molar-refractivity contribution is 5.93. The molecule has 2 atom stereocenters. The topological polar surface area (TPSA) is 68.6 Å². The van der Waals surface area contributed by atoms with E-state index >= 15 is 0 Å². The first-order valence-electron chi connectivity index (χ1n) is 6.74. The zero-order valence-electron chi connectivity index (χ0n) is 10.8. The van der Waals surface area contributed by atoms with Crippen LogP contribution in [0.4, 0.5) is 5.82 Å². The monoisotopic (exact) mass is 253 g/mol. The number of rotatable bonds is 2. The summed E-state index contributed by atoms with van der Waals surface area (Å²) < 4.78 is 0. The van der Waals surface area contributed by atoms with Gasteiger partial charge in [0, 0.05) is 19.3 Å². The fraction of sp³-hybridized carbons (Fsp3) is 0.500. The van der Waals surface area contributed by atoms with Gasteiger partial charge in [-0.2, -0.15) is 5.26 Å². The molecule has 2 aromatic heterocycles. The third-order valence-corrected chi connectivity index (χ3v) is 4.88. The van der Waals surface area contributed by atoms with Crippen molar-refractivity contribution in [2.45, 2.75) is 19.8 Å².